The highest BCUT2D eigenvalue weighted by atomic mass is 19.3. The molecule has 9 nitrogen and oxygen atoms in total. The number of aryl methyl sites for hydroxylation is 1. The average molecular weight is 526 g/mol. The van der Waals surface area contributed by atoms with Crippen molar-refractivity contribution in [2.75, 3.05) is 25.5 Å². The number of anilines is 1. The van der Waals surface area contributed by atoms with E-state index in [9.17, 15) is 18.4 Å². The van der Waals surface area contributed by atoms with Crippen LogP contribution in [0.1, 0.15) is 52.8 Å². The number of alkyl halides is 2. The van der Waals surface area contributed by atoms with E-state index in [1.54, 1.807) is 13.0 Å². The Morgan fingerprint density at radius 1 is 1.11 bits per heavy atom. The van der Waals surface area contributed by atoms with E-state index >= 15 is 0 Å². The van der Waals surface area contributed by atoms with Crippen molar-refractivity contribution >= 4 is 17.6 Å². The maximum Gasteiger partial charge on any atom is 0.388 e. The van der Waals surface area contributed by atoms with Crippen LogP contribution >= 0.6 is 0 Å². The molecule has 0 radical (unpaired) electrons. The number of hydrogen-bond acceptors (Lipinski definition) is 8. The normalized spacial score (nSPS) is 14.7. The van der Waals surface area contributed by atoms with Crippen LogP contribution in [0.2, 0.25) is 0 Å². The van der Waals surface area contributed by atoms with Crippen LogP contribution in [0.4, 0.5) is 14.5 Å². The van der Waals surface area contributed by atoms with Crippen LogP contribution in [0, 0.1) is 6.92 Å². The summed E-state index contributed by atoms with van der Waals surface area (Å²) in [5.74, 6) is -1.10. The van der Waals surface area contributed by atoms with Crippen molar-refractivity contribution in [3.8, 4) is 5.88 Å². The first-order valence-electron chi connectivity index (χ1n) is 12.1. The van der Waals surface area contributed by atoms with E-state index in [1.807, 2.05) is 29.2 Å². The molecule has 11 heteroatoms. The van der Waals surface area contributed by atoms with Gasteiger partial charge in [-0.05, 0) is 36.1 Å². The van der Waals surface area contributed by atoms with E-state index in [0.29, 0.717) is 31.0 Å². The summed E-state index contributed by atoms with van der Waals surface area (Å²) in [6.45, 7) is 3.78. The van der Waals surface area contributed by atoms with Crippen LogP contribution in [0.25, 0.3) is 0 Å². The number of benzene rings is 1. The van der Waals surface area contributed by atoms with E-state index in [4.69, 9.17) is 0 Å². The van der Waals surface area contributed by atoms with E-state index in [2.05, 4.69) is 43.6 Å². The third-order valence-corrected chi connectivity index (χ3v) is 6.45. The number of nitrogens with one attached hydrogen (secondary N) is 1. The van der Waals surface area contributed by atoms with Crippen molar-refractivity contribution in [2.45, 2.75) is 45.3 Å². The highest BCUT2D eigenvalue weighted by Crippen LogP contribution is 2.41. The SMILES string of the molecule is COC(=O)c1cnc(CN2CC(C(=O)Nc3ccc(C)nc3OC(F)F)(c3ccccc3C(C)C)C2)cn1. The Morgan fingerprint density at radius 3 is 2.47 bits per heavy atom. The lowest BCUT2D eigenvalue weighted by molar-refractivity contribution is -0.128. The Labute approximate surface area is 219 Å². The summed E-state index contributed by atoms with van der Waals surface area (Å²) in [6, 6.07) is 10.9. The molecule has 1 amide bonds. The van der Waals surface area contributed by atoms with Gasteiger partial charge in [-0.15, -0.1) is 0 Å². The zero-order valence-electron chi connectivity index (χ0n) is 21.6. The number of ether oxygens (including phenoxy) is 2. The van der Waals surface area contributed by atoms with Crippen LogP contribution in [-0.2, 0) is 21.5 Å². The number of pyridine rings is 1. The van der Waals surface area contributed by atoms with Crippen molar-refractivity contribution in [2.24, 2.45) is 0 Å². The fourth-order valence-electron chi connectivity index (χ4n) is 4.62. The first-order chi connectivity index (χ1) is 18.1. The van der Waals surface area contributed by atoms with Gasteiger partial charge in [0, 0.05) is 25.3 Å². The molecule has 38 heavy (non-hydrogen) atoms. The van der Waals surface area contributed by atoms with Gasteiger partial charge < -0.3 is 14.8 Å². The van der Waals surface area contributed by atoms with Gasteiger partial charge in [0.05, 0.1) is 30.6 Å². The maximum absolute atomic E-state index is 13.9. The monoisotopic (exact) mass is 525 g/mol. The van der Waals surface area contributed by atoms with Gasteiger partial charge in [0.15, 0.2) is 5.69 Å². The second-order valence-electron chi connectivity index (χ2n) is 9.49. The number of likely N-dealkylation sites (tertiary alicyclic amines) is 1. The van der Waals surface area contributed by atoms with E-state index < -0.39 is 18.0 Å². The summed E-state index contributed by atoms with van der Waals surface area (Å²) >= 11 is 0. The quantitative estimate of drug-likeness (QED) is 0.417. The molecule has 3 aromatic rings. The van der Waals surface area contributed by atoms with Crippen LogP contribution in [0.3, 0.4) is 0 Å². The molecular formula is C27H29F2N5O4. The highest BCUT2D eigenvalue weighted by molar-refractivity contribution is 6.01. The summed E-state index contributed by atoms with van der Waals surface area (Å²) < 4.78 is 35.3. The summed E-state index contributed by atoms with van der Waals surface area (Å²) in [4.78, 5) is 40.0. The molecule has 1 N–H and O–H groups in total. The van der Waals surface area contributed by atoms with Gasteiger partial charge in [-0.1, -0.05) is 38.1 Å². The Hall–Kier alpha value is -3.99. The third-order valence-electron chi connectivity index (χ3n) is 6.45. The van der Waals surface area contributed by atoms with Gasteiger partial charge in [-0.3, -0.25) is 14.7 Å². The molecule has 4 rings (SSSR count). The van der Waals surface area contributed by atoms with E-state index in [1.165, 1.54) is 25.6 Å². The van der Waals surface area contributed by atoms with Crippen molar-refractivity contribution in [3.63, 3.8) is 0 Å². The number of carbonyl (C=O) groups is 2. The average Bonchev–Trinajstić information content (AvgIpc) is 2.87. The number of amides is 1. The smallest absolute Gasteiger partial charge is 0.388 e. The number of hydrogen-bond donors (Lipinski definition) is 1. The number of nitrogens with zero attached hydrogens (tertiary/aromatic N) is 4. The molecule has 0 atom stereocenters. The molecule has 1 aliphatic heterocycles. The molecule has 0 unspecified atom stereocenters. The predicted molar refractivity (Wildman–Crippen MR) is 135 cm³/mol. The number of halogens is 2. The number of rotatable bonds is 9. The Bertz CT molecular complexity index is 1310. The largest absolute Gasteiger partial charge is 0.464 e. The molecule has 3 heterocycles. The Balaban J connectivity index is 1.61. The summed E-state index contributed by atoms with van der Waals surface area (Å²) in [5, 5.41) is 2.80. The second-order valence-corrected chi connectivity index (χ2v) is 9.49. The molecule has 1 fully saturated rings. The molecule has 0 spiro atoms. The maximum atomic E-state index is 13.9. The Kier molecular flexibility index (Phi) is 7.96. The zero-order chi connectivity index (χ0) is 27.4. The van der Waals surface area contributed by atoms with Gasteiger partial charge in [0.2, 0.25) is 11.8 Å². The lowest BCUT2D eigenvalue weighted by Gasteiger charge is -2.50. The first kappa shape index (κ1) is 27.1. The standard InChI is InChI=1S/C27H29F2N5O4/c1-16(2)19-7-5-6-8-20(19)27(25(36)33-21-10-9-17(3)32-23(21)38-26(28)29)14-34(15-27)13-18-11-31-22(12-30-18)24(35)37-4/h5-12,16,26H,13-15H2,1-4H3,(H,33,36). The van der Waals surface area contributed by atoms with Gasteiger partial charge in [0.25, 0.3) is 0 Å². The van der Waals surface area contributed by atoms with Crippen LogP contribution in [0.15, 0.2) is 48.8 Å². The van der Waals surface area contributed by atoms with Crippen LogP contribution < -0.4 is 10.1 Å². The molecule has 0 aliphatic carbocycles. The van der Waals surface area contributed by atoms with Gasteiger partial charge in [-0.25, -0.2) is 14.8 Å². The fraction of sp³-hybridized carbons (Fsp3) is 0.370. The minimum Gasteiger partial charge on any atom is -0.464 e. The summed E-state index contributed by atoms with van der Waals surface area (Å²) in [7, 11) is 1.27. The number of methoxy groups -OCH3 is 1. The summed E-state index contributed by atoms with van der Waals surface area (Å²) in [5.41, 5.74) is 2.22. The molecule has 1 aliphatic rings. The minimum atomic E-state index is -3.08. The van der Waals surface area contributed by atoms with E-state index in [-0.39, 0.29) is 29.1 Å². The summed E-state index contributed by atoms with van der Waals surface area (Å²) in [6.07, 6.45) is 2.85. The van der Waals surface area contributed by atoms with Crippen LogP contribution in [-0.4, -0.2) is 58.5 Å². The molecule has 2 aromatic heterocycles. The lowest BCUT2D eigenvalue weighted by Crippen LogP contribution is -2.64. The Morgan fingerprint density at radius 2 is 1.84 bits per heavy atom. The topological polar surface area (TPSA) is 107 Å². The second kappa shape index (κ2) is 11.2. The number of esters is 1. The first-order valence-corrected chi connectivity index (χ1v) is 12.1. The molecule has 1 aromatic carbocycles. The molecule has 0 bridgehead atoms. The lowest BCUT2D eigenvalue weighted by atomic mass is 9.69. The van der Waals surface area contributed by atoms with Crippen molar-refractivity contribution in [3.05, 3.63) is 77.0 Å². The van der Waals surface area contributed by atoms with Crippen LogP contribution in [0.5, 0.6) is 5.88 Å². The van der Waals surface area contributed by atoms with Gasteiger partial charge in [0.1, 0.15) is 5.69 Å². The molecule has 200 valence electrons. The zero-order valence-corrected chi connectivity index (χ0v) is 21.6. The molecule has 0 saturated carbocycles. The third kappa shape index (κ3) is 5.62. The van der Waals surface area contributed by atoms with E-state index in [0.717, 1.165) is 11.1 Å². The highest BCUT2D eigenvalue weighted by Gasteiger charge is 2.51. The van der Waals surface area contributed by atoms with Gasteiger partial charge in [-0.2, -0.15) is 8.78 Å². The molecular weight excluding hydrogens is 496 g/mol. The molecule has 1 saturated heterocycles. The number of carbonyl (C=O) groups excluding carboxylic acids is 2. The number of aromatic nitrogens is 3. The van der Waals surface area contributed by atoms with Crippen molar-refractivity contribution in [1.29, 1.82) is 0 Å². The van der Waals surface area contributed by atoms with Crippen molar-refractivity contribution < 1.29 is 27.8 Å². The fourth-order valence-corrected chi connectivity index (χ4v) is 4.62. The van der Waals surface area contributed by atoms with Crippen molar-refractivity contribution in [1.82, 2.24) is 19.9 Å². The van der Waals surface area contributed by atoms with Gasteiger partial charge >= 0.3 is 12.6 Å². The predicted octanol–water partition coefficient (Wildman–Crippen LogP) is 4.08. The minimum absolute atomic E-state index is 0.0741.